The number of para-hydroxylation sites is 1. The molecule has 0 atom stereocenters. The number of halogens is 1. The van der Waals surface area contributed by atoms with E-state index >= 15 is 0 Å². The molecule has 1 saturated heterocycles. The van der Waals surface area contributed by atoms with Crippen molar-refractivity contribution >= 4 is 5.69 Å². The summed E-state index contributed by atoms with van der Waals surface area (Å²) in [4.78, 5) is 4.62. The van der Waals surface area contributed by atoms with Crippen LogP contribution in [0.15, 0.2) is 24.3 Å². The maximum atomic E-state index is 13.8. The van der Waals surface area contributed by atoms with Gasteiger partial charge in [0, 0.05) is 39.3 Å². The zero-order chi connectivity index (χ0) is 14.9. The van der Waals surface area contributed by atoms with Gasteiger partial charge in [-0.05, 0) is 25.1 Å². The fourth-order valence-electron chi connectivity index (χ4n) is 2.78. The number of unbranched alkanes of at least 4 members (excludes halogenated alkanes) is 2. The Bertz CT molecular complexity index is 403. The highest BCUT2D eigenvalue weighted by Crippen LogP contribution is 2.19. The fourth-order valence-corrected chi connectivity index (χ4v) is 2.78. The molecule has 0 aliphatic carbocycles. The molecular formula is C17H28FN3. The number of piperazine rings is 1. The van der Waals surface area contributed by atoms with Gasteiger partial charge in [-0.15, -0.1) is 0 Å². The molecule has 1 fully saturated rings. The van der Waals surface area contributed by atoms with E-state index in [9.17, 15) is 4.39 Å². The molecule has 21 heavy (non-hydrogen) atoms. The highest BCUT2D eigenvalue weighted by Gasteiger charge is 2.18. The predicted octanol–water partition coefficient (Wildman–Crippen LogP) is 2.73. The number of nitrogens with one attached hydrogen (secondary N) is 1. The van der Waals surface area contributed by atoms with E-state index in [-0.39, 0.29) is 5.82 Å². The molecule has 0 aromatic heterocycles. The van der Waals surface area contributed by atoms with Crippen molar-refractivity contribution in [3.63, 3.8) is 0 Å². The maximum absolute atomic E-state index is 13.8. The van der Waals surface area contributed by atoms with E-state index in [0.717, 1.165) is 51.5 Å². The van der Waals surface area contributed by atoms with Gasteiger partial charge in [0.1, 0.15) is 5.82 Å². The van der Waals surface area contributed by atoms with E-state index in [1.165, 1.54) is 19.3 Å². The molecule has 0 spiro atoms. The normalized spacial score (nSPS) is 16.4. The number of hydrogen-bond donors (Lipinski definition) is 1. The SMILES string of the molecule is CCCCCNCCN1CCN(c2ccccc2F)CC1. The molecule has 1 aliphatic rings. The topological polar surface area (TPSA) is 18.5 Å². The molecule has 1 N–H and O–H groups in total. The minimum Gasteiger partial charge on any atom is -0.367 e. The fraction of sp³-hybridized carbons (Fsp3) is 0.647. The zero-order valence-electron chi connectivity index (χ0n) is 13.2. The summed E-state index contributed by atoms with van der Waals surface area (Å²) in [6, 6.07) is 7.08. The molecule has 1 heterocycles. The van der Waals surface area contributed by atoms with Crippen molar-refractivity contribution in [1.82, 2.24) is 10.2 Å². The van der Waals surface area contributed by atoms with Gasteiger partial charge in [0.2, 0.25) is 0 Å². The summed E-state index contributed by atoms with van der Waals surface area (Å²) in [6.45, 7) is 9.38. The lowest BCUT2D eigenvalue weighted by molar-refractivity contribution is 0.257. The van der Waals surface area contributed by atoms with Crippen molar-refractivity contribution in [2.45, 2.75) is 26.2 Å². The number of nitrogens with zero attached hydrogens (tertiary/aromatic N) is 2. The van der Waals surface area contributed by atoms with Gasteiger partial charge in [-0.3, -0.25) is 4.90 Å². The van der Waals surface area contributed by atoms with Crippen LogP contribution in [0.1, 0.15) is 26.2 Å². The Labute approximate surface area is 128 Å². The van der Waals surface area contributed by atoms with E-state index < -0.39 is 0 Å². The Balaban J connectivity index is 1.63. The van der Waals surface area contributed by atoms with Crippen molar-refractivity contribution < 1.29 is 4.39 Å². The summed E-state index contributed by atoms with van der Waals surface area (Å²) in [5.41, 5.74) is 0.745. The van der Waals surface area contributed by atoms with Crippen molar-refractivity contribution in [3.8, 4) is 0 Å². The highest BCUT2D eigenvalue weighted by molar-refractivity contribution is 5.47. The average Bonchev–Trinajstić information content (AvgIpc) is 2.52. The van der Waals surface area contributed by atoms with E-state index in [0.29, 0.717) is 0 Å². The van der Waals surface area contributed by atoms with Crippen molar-refractivity contribution in [2.75, 3.05) is 50.7 Å². The molecule has 1 aromatic rings. The van der Waals surface area contributed by atoms with Crippen LogP contribution in [0.2, 0.25) is 0 Å². The van der Waals surface area contributed by atoms with Crippen LogP contribution >= 0.6 is 0 Å². The Morgan fingerprint density at radius 3 is 2.52 bits per heavy atom. The van der Waals surface area contributed by atoms with Crippen LogP contribution in [-0.4, -0.2) is 50.7 Å². The molecule has 0 radical (unpaired) electrons. The maximum Gasteiger partial charge on any atom is 0.146 e. The van der Waals surface area contributed by atoms with Gasteiger partial charge in [0.25, 0.3) is 0 Å². The van der Waals surface area contributed by atoms with Crippen molar-refractivity contribution in [1.29, 1.82) is 0 Å². The van der Waals surface area contributed by atoms with Gasteiger partial charge in [-0.1, -0.05) is 31.9 Å². The first-order valence-electron chi connectivity index (χ1n) is 8.24. The largest absolute Gasteiger partial charge is 0.367 e. The minimum absolute atomic E-state index is 0.108. The third kappa shape index (κ3) is 5.29. The van der Waals surface area contributed by atoms with Crippen LogP contribution in [-0.2, 0) is 0 Å². The van der Waals surface area contributed by atoms with Crippen LogP contribution < -0.4 is 10.2 Å². The second kappa shape index (κ2) is 9.00. The Morgan fingerprint density at radius 1 is 1.05 bits per heavy atom. The number of rotatable bonds is 8. The van der Waals surface area contributed by atoms with Crippen LogP contribution in [0.5, 0.6) is 0 Å². The van der Waals surface area contributed by atoms with Crippen LogP contribution in [0.4, 0.5) is 10.1 Å². The molecule has 1 aliphatic heterocycles. The monoisotopic (exact) mass is 293 g/mol. The Hall–Kier alpha value is -1.13. The first kappa shape index (κ1) is 16.2. The lowest BCUT2D eigenvalue weighted by Crippen LogP contribution is -2.48. The predicted molar refractivity (Wildman–Crippen MR) is 87.4 cm³/mol. The Morgan fingerprint density at radius 2 is 1.81 bits per heavy atom. The minimum atomic E-state index is -0.108. The van der Waals surface area contributed by atoms with Crippen LogP contribution in [0, 0.1) is 5.82 Å². The molecule has 4 heteroatoms. The van der Waals surface area contributed by atoms with E-state index in [1.54, 1.807) is 12.1 Å². The summed E-state index contributed by atoms with van der Waals surface area (Å²) >= 11 is 0. The quantitative estimate of drug-likeness (QED) is 0.744. The molecular weight excluding hydrogens is 265 g/mol. The summed E-state index contributed by atoms with van der Waals surface area (Å²) in [5, 5.41) is 3.50. The molecule has 3 nitrogen and oxygen atoms in total. The third-order valence-electron chi connectivity index (χ3n) is 4.13. The molecule has 118 valence electrons. The number of benzene rings is 1. The highest BCUT2D eigenvalue weighted by atomic mass is 19.1. The lowest BCUT2D eigenvalue weighted by Gasteiger charge is -2.36. The molecule has 0 unspecified atom stereocenters. The second-order valence-corrected chi connectivity index (χ2v) is 5.74. The van der Waals surface area contributed by atoms with Crippen molar-refractivity contribution in [3.05, 3.63) is 30.1 Å². The van der Waals surface area contributed by atoms with Crippen LogP contribution in [0.3, 0.4) is 0 Å². The van der Waals surface area contributed by atoms with E-state index in [1.807, 2.05) is 12.1 Å². The van der Waals surface area contributed by atoms with Crippen LogP contribution in [0.25, 0.3) is 0 Å². The van der Waals surface area contributed by atoms with Gasteiger partial charge in [-0.2, -0.15) is 0 Å². The molecule has 2 rings (SSSR count). The van der Waals surface area contributed by atoms with Gasteiger partial charge < -0.3 is 10.2 Å². The average molecular weight is 293 g/mol. The zero-order valence-corrected chi connectivity index (χ0v) is 13.2. The first-order valence-corrected chi connectivity index (χ1v) is 8.24. The molecule has 0 saturated carbocycles. The molecule has 1 aromatic carbocycles. The van der Waals surface area contributed by atoms with E-state index in [2.05, 4.69) is 22.0 Å². The van der Waals surface area contributed by atoms with Gasteiger partial charge in [0.15, 0.2) is 0 Å². The summed E-state index contributed by atoms with van der Waals surface area (Å²) in [7, 11) is 0. The first-order chi connectivity index (χ1) is 10.3. The summed E-state index contributed by atoms with van der Waals surface area (Å²) in [6.07, 6.45) is 3.87. The van der Waals surface area contributed by atoms with Crippen molar-refractivity contribution in [2.24, 2.45) is 0 Å². The smallest absolute Gasteiger partial charge is 0.146 e. The second-order valence-electron chi connectivity index (χ2n) is 5.74. The van der Waals surface area contributed by atoms with Gasteiger partial charge >= 0.3 is 0 Å². The summed E-state index contributed by atoms with van der Waals surface area (Å²) in [5.74, 6) is -0.108. The molecule has 0 bridgehead atoms. The molecule has 0 amide bonds. The van der Waals surface area contributed by atoms with Gasteiger partial charge in [-0.25, -0.2) is 4.39 Å². The number of hydrogen-bond acceptors (Lipinski definition) is 3. The standard InChI is InChI=1S/C17H28FN3/c1-2-3-6-9-19-10-11-20-12-14-21(15-13-20)17-8-5-4-7-16(17)18/h4-5,7-8,19H,2-3,6,9-15H2,1H3. The summed E-state index contributed by atoms with van der Waals surface area (Å²) < 4.78 is 13.8. The lowest BCUT2D eigenvalue weighted by atomic mass is 10.2. The van der Waals surface area contributed by atoms with E-state index in [4.69, 9.17) is 0 Å². The third-order valence-corrected chi connectivity index (χ3v) is 4.13. The Kier molecular flexibility index (Phi) is 6.96. The number of anilines is 1. The van der Waals surface area contributed by atoms with Gasteiger partial charge in [0.05, 0.1) is 5.69 Å².